The van der Waals surface area contributed by atoms with Crippen LogP contribution < -0.4 is 5.32 Å². The van der Waals surface area contributed by atoms with Gasteiger partial charge in [-0.1, -0.05) is 6.07 Å². The van der Waals surface area contributed by atoms with Crippen LogP contribution in [-0.4, -0.2) is 47.4 Å². The average molecular weight is 296 g/mol. The molecule has 0 saturated carbocycles. The number of carbonyl (C=O) groups is 3. The third-order valence-electron chi connectivity index (χ3n) is 3.25. The molecule has 0 aromatic carbocycles. The predicted octanol–water partition coefficient (Wildman–Crippen LogP) is 0.801. The highest BCUT2D eigenvalue weighted by Crippen LogP contribution is 2.19. The Balaban J connectivity index is 1.76. The van der Waals surface area contributed by atoms with Gasteiger partial charge in [0.1, 0.15) is 0 Å². The number of aliphatic carboxylic acids is 1. The summed E-state index contributed by atoms with van der Waals surface area (Å²) >= 11 is 1.32. The molecule has 6 nitrogen and oxygen atoms in total. The zero-order valence-corrected chi connectivity index (χ0v) is 11.7. The summed E-state index contributed by atoms with van der Waals surface area (Å²) in [6.07, 6.45) is 0.794. The highest BCUT2D eigenvalue weighted by molar-refractivity contribution is 7.12. The number of nitrogens with one attached hydrogen (secondary N) is 1. The summed E-state index contributed by atoms with van der Waals surface area (Å²) in [5, 5.41) is 13.1. The van der Waals surface area contributed by atoms with Crippen molar-refractivity contribution in [2.24, 2.45) is 5.92 Å². The molecule has 0 aliphatic carbocycles. The zero-order chi connectivity index (χ0) is 14.5. The topological polar surface area (TPSA) is 86.7 Å². The second kappa shape index (κ2) is 6.51. The van der Waals surface area contributed by atoms with Gasteiger partial charge in [0.2, 0.25) is 5.91 Å². The summed E-state index contributed by atoms with van der Waals surface area (Å²) in [5.41, 5.74) is 0. The first kappa shape index (κ1) is 14.5. The Bertz CT molecular complexity index is 500. The van der Waals surface area contributed by atoms with Gasteiger partial charge in [0.15, 0.2) is 0 Å². The van der Waals surface area contributed by atoms with Crippen molar-refractivity contribution in [3.63, 3.8) is 0 Å². The largest absolute Gasteiger partial charge is 0.481 e. The van der Waals surface area contributed by atoms with E-state index in [-0.39, 0.29) is 30.7 Å². The Morgan fingerprint density at radius 3 is 2.90 bits per heavy atom. The molecule has 1 aliphatic rings. The minimum Gasteiger partial charge on any atom is -0.481 e. The van der Waals surface area contributed by atoms with Gasteiger partial charge in [-0.05, 0) is 23.8 Å². The number of amides is 2. The van der Waals surface area contributed by atoms with E-state index in [0.717, 1.165) is 0 Å². The Morgan fingerprint density at radius 1 is 1.45 bits per heavy atom. The van der Waals surface area contributed by atoms with Crippen LogP contribution in [0.4, 0.5) is 0 Å². The highest BCUT2D eigenvalue weighted by atomic mass is 32.1. The molecule has 1 aliphatic heterocycles. The fourth-order valence-electron chi connectivity index (χ4n) is 2.24. The number of carboxylic acid groups (broad SMARTS) is 1. The molecule has 0 spiro atoms. The molecule has 1 fully saturated rings. The van der Waals surface area contributed by atoms with Gasteiger partial charge >= 0.3 is 5.97 Å². The maximum absolute atomic E-state index is 11.9. The number of carbonyl (C=O) groups excluding carboxylic acids is 2. The van der Waals surface area contributed by atoms with Crippen LogP contribution in [0.5, 0.6) is 0 Å². The van der Waals surface area contributed by atoms with Crippen LogP contribution >= 0.6 is 11.3 Å². The van der Waals surface area contributed by atoms with Crippen molar-refractivity contribution in [2.75, 3.05) is 19.6 Å². The Labute approximate surface area is 120 Å². The minimum atomic E-state index is -0.838. The number of hydrogen-bond acceptors (Lipinski definition) is 4. The van der Waals surface area contributed by atoms with Gasteiger partial charge in [-0.15, -0.1) is 11.3 Å². The van der Waals surface area contributed by atoms with Crippen molar-refractivity contribution in [1.29, 1.82) is 0 Å². The number of likely N-dealkylation sites (tertiary alicyclic amines) is 1. The van der Waals surface area contributed by atoms with Gasteiger partial charge in [-0.3, -0.25) is 14.4 Å². The van der Waals surface area contributed by atoms with Crippen molar-refractivity contribution >= 4 is 29.1 Å². The quantitative estimate of drug-likeness (QED) is 0.841. The molecule has 1 atom stereocenters. The number of rotatable bonds is 5. The maximum Gasteiger partial charge on any atom is 0.303 e. The van der Waals surface area contributed by atoms with Crippen molar-refractivity contribution in [2.45, 2.75) is 12.8 Å². The van der Waals surface area contributed by atoms with Crippen LogP contribution in [0.3, 0.4) is 0 Å². The van der Waals surface area contributed by atoms with E-state index in [9.17, 15) is 14.4 Å². The van der Waals surface area contributed by atoms with Gasteiger partial charge < -0.3 is 15.3 Å². The SMILES string of the molecule is O=C(O)CC1CCN(C(=O)CNC(=O)c2cccs2)C1. The number of hydrogen-bond donors (Lipinski definition) is 2. The smallest absolute Gasteiger partial charge is 0.303 e. The molecule has 7 heteroatoms. The molecule has 2 amide bonds. The molecular weight excluding hydrogens is 280 g/mol. The third-order valence-corrected chi connectivity index (χ3v) is 4.12. The average Bonchev–Trinajstić information content (AvgIpc) is 3.05. The van der Waals surface area contributed by atoms with Crippen LogP contribution in [0.25, 0.3) is 0 Å². The molecular formula is C13H16N2O4S. The lowest BCUT2D eigenvalue weighted by Crippen LogP contribution is -2.39. The Kier molecular flexibility index (Phi) is 4.73. The van der Waals surface area contributed by atoms with E-state index in [2.05, 4.69) is 5.32 Å². The second-order valence-electron chi connectivity index (χ2n) is 4.75. The first-order chi connectivity index (χ1) is 9.56. The van der Waals surface area contributed by atoms with Crippen LogP contribution in [0.15, 0.2) is 17.5 Å². The third kappa shape index (κ3) is 3.80. The Hall–Kier alpha value is -1.89. The molecule has 2 N–H and O–H groups in total. The molecule has 2 rings (SSSR count). The molecule has 1 aromatic heterocycles. The highest BCUT2D eigenvalue weighted by Gasteiger charge is 2.27. The van der Waals surface area contributed by atoms with E-state index < -0.39 is 5.97 Å². The predicted molar refractivity (Wildman–Crippen MR) is 73.6 cm³/mol. The summed E-state index contributed by atoms with van der Waals surface area (Å²) in [6.45, 7) is 0.974. The van der Waals surface area contributed by atoms with Gasteiger partial charge in [0, 0.05) is 19.5 Å². The molecule has 20 heavy (non-hydrogen) atoms. The summed E-state index contributed by atoms with van der Waals surface area (Å²) in [7, 11) is 0. The molecule has 0 bridgehead atoms. The normalized spacial score (nSPS) is 18.0. The molecule has 2 heterocycles. The monoisotopic (exact) mass is 296 g/mol. The first-order valence-electron chi connectivity index (χ1n) is 6.37. The zero-order valence-electron chi connectivity index (χ0n) is 10.9. The maximum atomic E-state index is 11.9. The van der Waals surface area contributed by atoms with Crippen LogP contribution in [0.2, 0.25) is 0 Å². The summed E-state index contributed by atoms with van der Waals surface area (Å²) in [4.78, 5) is 36.4. The van der Waals surface area contributed by atoms with E-state index in [4.69, 9.17) is 5.11 Å². The lowest BCUT2D eigenvalue weighted by Gasteiger charge is -2.16. The number of thiophene rings is 1. The van der Waals surface area contributed by atoms with Crippen LogP contribution in [0, 0.1) is 5.92 Å². The van der Waals surface area contributed by atoms with Gasteiger partial charge in [-0.2, -0.15) is 0 Å². The van der Waals surface area contributed by atoms with Gasteiger partial charge in [0.25, 0.3) is 5.91 Å². The molecule has 108 valence electrons. The molecule has 0 radical (unpaired) electrons. The lowest BCUT2D eigenvalue weighted by molar-refractivity contribution is -0.138. The fraction of sp³-hybridized carbons (Fsp3) is 0.462. The lowest BCUT2D eigenvalue weighted by atomic mass is 10.1. The van der Waals surface area contributed by atoms with Crippen molar-refractivity contribution < 1.29 is 19.5 Å². The van der Waals surface area contributed by atoms with Crippen LogP contribution in [0.1, 0.15) is 22.5 Å². The van der Waals surface area contributed by atoms with E-state index in [0.29, 0.717) is 24.4 Å². The Morgan fingerprint density at radius 2 is 2.25 bits per heavy atom. The minimum absolute atomic E-state index is 0.0180. The van der Waals surface area contributed by atoms with E-state index in [1.165, 1.54) is 11.3 Å². The molecule has 1 unspecified atom stereocenters. The van der Waals surface area contributed by atoms with E-state index >= 15 is 0 Å². The summed E-state index contributed by atoms with van der Waals surface area (Å²) in [6, 6.07) is 3.47. The second-order valence-corrected chi connectivity index (χ2v) is 5.70. The summed E-state index contributed by atoms with van der Waals surface area (Å²) in [5.74, 6) is -1.24. The van der Waals surface area contributed by atoms with E-state index in [1.54, 1.807) is 22.4 Å². The van der Waals surface area contributed by atoms with Gasteiger partial charge in [0.05, 0.1) is 11.4 Å². The molecule has 1 aromatic rings. The first-order valence-corrected chi connectivity index (χ1v) is 7.25. The van der Waals surface area contributed by atoms with Crippen LogP contribution in [-0.2, 0) is 9.59 Å². The standard InChI is InChI=1S/C13H16N2O4S/c16-11(7-14-13(19)10-2-1-5-20-10)15-4-3-9(8-15)6-12(17)18/h1-2,5,9H,3-4,6-8H2,(H,14,19)(H,17,18). The van der Waals surface area contributed by atoms with Crippen molar-refractivity contribution in [3.8, 4) is 0 Å². The molecule has 1 saturated heterocycles. The fourth-order valence-corrected chi connectivity index (χ4v) is 2.88. The summed E-state index contributed by atoms with van der Waals surface area (Å²) < 4.78 is 0. The number of carboxylic acids is 1. The van der Waals surface area contributed by atoms with Crippen molar-refractivity contribution in [3.05, 3.63) is 22.4 Å². The van der Waals surface area contributed by atoms with Crippen molar-refractivity contribution in [1.82, 2.24) is 10.2 Å². The van der Waals surface area contributed by atoms with Gasteiger partial charge in [-0.25, -0.2) is 0 Å². The van der Waals surface area contributed by atoms with E-state index in [1.807, 2.05) is 0 Å². The number of nitrogens with zero attached hydrogens (tertiary/aromatic N) is 1.